The Balaban J connectivity index is 1.65. The molecule has 1 amide bonds. The van der Waals surface area contributed by atoms with Gasteiger partial charge in [-0.1, -0.05) is 25.0 Å². The number of carbonyl (C=O) groups excluding carboxylic acids is 1. The molecule has 1 aliphatic heterocycles. The van der Waals surface area contributed by atoms with Gasteiger partial charge in [-0.05, 0) is 56.5 Å². The third kappa shape index (κ3) is 4.20. The number of halogens is 2. The van der Waals surface area contributed by atoms with Crippen molar-refractivity contribution in [1.29, 1.82) is 0 Å². The normalized spacial score (nSPS) is 25.7. The van der Waals surface area contributed by atoms with E-state index in [0.717, 1.165) is 12.0 Å². The van der Waals surface area contributed by atoms with Crippen LogP contribution in [0.3, 0.4) is 0 Å². The molecule has 1 saturated carbocycles. The van der Waals surface area contributed by atoms with Gasteiger partial charge in [0, 0.05) is 17.6 Å². The van der Waals surface area contributed by atoms with E-state index in [4.69, 9.17) is 23.2 Å². The van der Waals surface area contributed by atoms with E-state index < -0.39 is 4.84 Å². The number of nitrogens with zero attached hydrogens (tertiary/aromatic N) is 1. The second kappa shape index (κ2) is 7.87. The summed E-state index contributed by atoms with van der Waals surface area (Å²) in [5.41, 5.74) is 1.49. The molecule has 3 nitrogen and oxygen atoms in total. The largest absolute Gasteiger partial charge is 0.348 e. The molecule has 0 spiro atoms. The predicted molar refractivity (Wildman–Crippen MR) is 95.2 cm³/mol. The Labute approximate surface area is 148 Å². The fraction of sp³-hybridized carbons (Fsp3) is 0.611. The van der Waals surface area contributed by atoms with E-state index in [1.807, 2.05) is 12.1 Å². The lowest BCUT2D eigenvalue weighted by Gasteiger charge is -2.38. The number of likely N-dealkylation sites (tertiary alicyclic amines) is 1. The predicted octanol–water partition coefficient (Wildman–Crippen LogP) is 4.30. The summed E-state index contributed by atoms with van der Waals surface area (Å²) in [5.74, 6) is 0.00772. The summed E-state index contributed by atoms with van der Waals surface area (Å²) in [7, 11) is 0. The first kappa shape index (κ1) is 17.1. The number of hydrogen-bond donors (Lipinski definition) is 1. The summed E-state index contributed by atoms with van der Waals surface area (Å²) >= 11 is 11.7. The van der Waals surface area contributed by atoms with Crippen LogP contribution in [0.2, 0.25) is 0 Å². The highest BCUT2D eigenvalue weighted by atomic mass is 35.5. The molecule has 1 saturated heterocycles. The van der Waals surface area contributed by atoms with E-state index in [1.54, 1.807) is 12.1 Å². The smallest absolute Gasteiger partial charge is 0.251 e. The molecule has 5 heteroatoms. The fourth-order valence-corrected chi connectivity index (χ4v) is 4.11. The zero-order valence-electron chi connectivity index (χ0n) is 13.3. The van der Waals surface area contributed by atoms with Crippen molar-refractivity contribution >= 4 is 29.1 Å². The average Bonchev–Trinajstić information content (AvgIpc) is 3.09. The minimum absolute atomic E-state index is 0.00772. The molecule has 1 N–H and O–H groups in total. The first-order valence-electron chi connectivity index (χ1n) is 8.58. The number of nitrogens with one attached hydrogen (secondary N) is 1. The SMILES string of the molecule is O=C(NC1CCCCC1N1CCCC1)c1ccc(C(Cl)Cl)cc1. The van der Waals surface area contributed by atoms with Crippen molar-refractivity contribution < 1.29 is 4.79 Å². The van der Waals surface area contributed by atoms with E-state index in [0.29, 0.717) is 11.6 Å². The Morgan fingerprint density at radius 1 is 1.04 bits per heavy atom. The average molecular weight is 355 g/mol. The maximum atomic E-state index is 12.6. The van der Waals surface area contributed by atoms with Gasteiger partial charge in [-0.15, -0.1) is 23.2 Å². The number of carbonyl (C=O) groups is 1. The van der Waals surface area contributed by atoms with Gasteiger partial charge in [-0.3, -0.25) is 9.69 Å². The lowest BCUT2D eigenvalue weighted by molar-refractivity contribution is 0.0862. The van der Waals surface area contributed by atoms with Crippen molar-refractivity contribution in [3.63, 3.8) is 0 Å². The molecule has 1 aliphatic carbocycles. The van der Waals surface area contributed by atoms with E-state index in [9.17, 15) is 4.79 Å². The van der Waals surface area contributed by atoms with Crippen LogP contribution >= 0.6 is 23.2 Å². The zero-order valence-corrected chi connectivity index (χ0v) is 14.8. The maximum absolute atomic E-state index is 12.6. The van der Waals surface area contributed by atoms with E-state index in [1.165, 1.54) is 45.2 Å². The molecule has 1 aromatic carbocycles. The van der Waals surface area contributed by atoms with Gasteiger partial charge in [0.25, 0.3) is 5.91 Å². The molecule has 1 heterocycles. The summed E-state index contributed by atoms with van der Waals surface area (Å²) in [6.07, 6.45) is 7.33. The number of rotatable bonds is 4. The van der Waals surface area contributed by atoms with Crippen LogP contribution in [-0.4, -0.2) is 36.0 Å². The van der Waals surface area contributed by atoms with Gasteiger partial charge in [0.15, 0.2) is 0 Å². The van der Waals surface area contributed by atoms with Gasteiger partial charge in [0.1, 0.15) is 4.84 Å². The van der Waals surface area contributed by atoms with Gasteiger partial charge in [-0.2, -0.15) is 0 Å². The Kier molecular flexibility index (Phi) is 5.84. The molecule has 0 bridgehead atoms. The Morgan fingerprint density at radius 2 is 1.70 bits per heavy atom. The topological polar surface area (TPSA) is 32.3 Å². The Bertz CT molecular complexity index is 526. The van der Waals surface area contributed by atoms with Gasteiger partial charge in [-0.25, -0.2) is 0 Å². The van der Waals surface area contributed by atoms with Crippen LogP contribution < -0.4 is 5.32 Å². The van der Waals surface area contributed by atoms with Crippen LogP contribution in [0.15, 0.2) is 24.3 Å². The van der Waals surface area contributed by atoms with Crippen molar-refractivity contribution in [3.8, 4) is 0 Å². The molecule has 0 aromatic heterocycles. The van der Waals surface area contributed by atoms with Crippen molar-refractivity contribution in [2.24, 2.45) is 0 Å². The van der Waals surface area contributed by atoms with Crippen LogP contribution in [-0.2, 0) is 0 Å². The maximum Gasteiger partial charge on any atom is 0.251 e. The first-order chi connectivity index (χ1) is 11.1. The second-order valence-electron chi connectivity index (χ2n) is 6.60. The van der Waals surface area contributed by atoms with Crippen molar-refractivity contribution in [3.05, 3.63) is 35.4 Å². The fourth-order valence-electron chi connectivity index (χ4n) is 3.82. The Morgan fingerprint density at radius 3 is 2.35 bits per heavy atom. The molecule has 23 heavy (non-hydrogen) atoms. The zero-order chi connectivity index (χ0) is 16.2. The third-order valence-corrected chi connectivity index (χ3v) is 5.58. The summed E-state index contributed by atoms with van der Waals surface area (Å²) in [6.45, 7) is 2.36. The highest BCUT2D eigenvalue weighted by Gasteiger charge is 2.32. The van der Waals surface area contributed by atoms with Gasteiger partial charge in [0.05, 0.1) is 0 Å². The number of amides is 1. The second-order valence-corrected chi connectivity index (χ2v) is 7.69. The molecule has 2 unspecified atom stereocenters. The lowest BCUT2D eigenvalue weighted by atomic mass is 9.89. The molecule has 126 valence electrons. The standard InChI is InChI=1S/C18H24Cl2N2O/c19-17(20)13-7-9-14(10-8-13)18(23)21-15-5-1-2-6-16(15)22-11-3-4-12-22/h7-10,15-17H,1-6,11-12H2,(H,21,23). The number of alkyl halides is 2. The minimum Gasteiger partial charge on any atom is -0.348 e. The minimum atomic E-state index is -0.551. The third-order valence-electron chi connectivity index (χ3n) is 5.08. The highest BCUT2D eigenvalue weighted by molar-refractivity contribution is 6.44. The van der Waals surface area contributed by atoms with E-state index in [2.05, 4.69) is 10.2 Å². The van der Waals surface area contributed by atoms with Crippen molar-refractivity contribution in [2.75, 3.05) is 13.1 Å². The molecule has 2 aliphatic rings. The van der Waals surface area contributed by atoms with Crippen LogP contribution in [0.1, 0.15) is 59.3 Å². The van der Waals surface area contributed by atoms with Crippen molar-refractivity contribution in [1.82, 2.24) is 10.2 Å². The van der Waals surface area contributed by atoms with E-state index in [-0.39, 0.29) is 11.9 Å². The van der Waals surface area contributed by atoms with Crippen LogP contribution in [0.4, 0.5) is 0 Å². The lowest BCUT2D eigenvalue weighted by Crippen LogP contribution is -2.52. The van der Waals surface area contributed by atoms with E-state index >= 15 is 0 Å². The van der Waals surface area contributed by atoms with Gasteiger partial charge < -0.3 is 5.32 Å². The molecule has 3 rings (SSSR count). The highest BCUT2D eigenvalue weighted by Crippen LogP contribution is 2.27. The number of hydrogen-bond acceptors (Lipinski definition) is 2. The molecule has 1 aromatic rings. The quantitative estimate of drug-likeness (QED) is 0.817. The summed E-state index contributed by atoms with van der Waals surface area (Å²) in [4.78, 5) is 14.6. The van der Waals surface area contributed by atoms with Crippen LogP contribution in [0.25, 0.3) is 0 Å². The molecule has 2 atom stereocenters. The van der Waals surface area contributed by atoms with Crippen molar-refractivity contribution in [2.45, 2.75) is 55.4 Å². The molecular formula is C18H24Cl2N2O. The summed E-state index contributed by atoms with van der Waals surface area (Å²) in [6, 6.07) is 8.01. The Hall–Kier alpha value is -0.770. The van der Waals surface area contributed by atoms with Gasteiger partial charge >= 0.3 is 0 Å². The molecule has 2 fully saturated rings. The number of benzene rings is 1. The monoisotopic (exact) mass is 354 g/mol. The van der Waals surface area contributed by atoms with Gasteiger partial charge in [0.2, 0.25) is 0 Å². The van der Waals surface area contributed by atoms with Crippen LogP contribution in [0, 0.1) is 0 Å². The molecule has 0 radical (unpaired) electrons. The summed E-state index contributed by atoms with van der Waals surface area (Å²) < 4.78 is 0. The molecular weight excluding hydrogens is 331 g/mol. The summed E-state index contributed by atoms with van der Waals surface area (Å²) in [5, 5.41) is 3.26. The first-order valence-corrected chi connectivity index (χ1v) is 9.45. The van der Waals surface area contributed by atoms with Crippen LogP contribution in [0.5, 0.6) is 0 Å².